The summed E-state index contributed by atoms with van der Waals surface area (Å²) in [7, 11) is 3.03. The highest BCUT2D eigenvalue weighted by Crippen LogP contribution is 2.66. The summed E-state index contributed by atoms with van der Waals surface area (Å²) in [5.74, 6) is -0.409. The second-order valence-electron chi connectivity index (χ2n) is 10.8. The van der Waals surface area contributed by atoms with Crippen LogP contribution in [0.15, 0.2) is 54.6 Å². The summed E-state index contributed by atoms with van der Waals surface area (Å²) < 4.78 is 22.9. The zero-order valence-corrected chi connectivity index (χ0v) is 22.1. The lowest BCUT2D eigenvalue weighted by Crippen LogP contribution is -2.59. The highest BCUT2D eigenvalue weighted by atomic mass is 16.6. The van der Waals surface area contributed by atoms with Gasteiger partial charge in [-0.05, 0) is 55.4 Å². The third-order valence-electron chi connectivity index (χ3n) is 9.02. The number of hydrogen-bond acceptors (Lipinski definition) is 6. The molecule has 2 aliphatic heterocycles. The Kier molecular flexibility index (Phi) is 7.03. The van der Waals surface area contributed by atoms with Gasteiger partial charge in [0.25, 0.3) is 0 Å². The van der Waals surface area contributed by atoms with Gasteiger partial charge in [0.15, 0.2) is 5.41 Å². The molecule has 7 nitrogen and oxygen atoms in total. The van der Waals surface area contributed by atoms with E-state index in [0.29, 0.717) is 26.1 Å². The number of nitrogens with one attached hydrogen (secondary N) is 1. The molecule has 1 saturated carbocycles. The molecule has 1 N–H and O–H groups in total. The molecule has 2 heterocycles. The predicted molar refractivity (Wildman–Crippen MR) is 138 cm³/mol. The van der Waals surface area contributed by atoms with Crippen LogP contribution in [0, 0.1) is 23.2 Å². The molecule has 0 unspecified atom stereocenters. The van der Waals surface area contributed by atoms with Gasteiger partial charge in [-0.2, -0.15) is 0 Å². The van der Waals surface area contributed by atoms with Crippen molar-refractivity contribution in [1.82, 2.24) is 5.32 Å². The summed E-state index contributed by atoms with van der Waals surface area (Å²) in [6, 6.07) is 17.9. The fraction of sp³-hybridized carbons (Fsp3) is 0.533. The standard InChI is InChI=1S/C30H37NO6/c1-19-25-24(18-21-8-6-5-7-9-21)31-27(32)30(25,28(33)35-4)23(26-29(19,2)37-26)15-17-36-16-14-20-10-12-22(34-3)13-11-20/h5-13,19,23-26H,14-18H2,1-4H3,(H,31,32)/t19-,23-,24-,25-,26-,29+,30+/m0/s1. The molecule has 0 radical (unpaired) electrons. The van der Waals surface area contributed by atoms with Gasteiger partial charge in [-0.3, -0.25) is 9.59 Å². The van der Waals surface area contributed by atoms with Crippen molar-refractivity contribution in [1.29, 1.82) is 0 Å². The van der Waals surface area contributed by atoms with E-state index in [4.69, 9.17) is 18.9 Å². The summed E-state index contributed by atoms with van der Waals surface area (Å²) in [5.41, 5.74) is 0.642. The van der Waals surface area contributed by atoms with Gasteiger partial charge in [-0.15, -0.1) is 0 Å². The molecule has 0 spiro atoms. The minimum Gasteiger partial charge on any atom is -0.497 e. The first-order valence-electron chi connectivity index (χ1n) is 13.2. The number of epoxide rings is 1. The predicted octanol–water partition coefficient (Wildman–Crippen LogP) is 3.58. The molecule has 2 aromatic carbocycles. The zero-order valence-electron chi connectivity index (χ0n) is 22.1. The summed E-state index contributed by atoms with van der Waals surface area (Å²) in [6.07, 6.45) is 1.80. The van der Waals surface area contributed by atoms with E-state index in [0.717, 1.165) is 23.3 Å². The first-order valence-corrected chi connectivity index (χ1v) is 13.2. The van der Waals surface area contributed by atoms with Crippen molar-refractivity contribution in [2.75, 3.05) is 27.4 Å². The first kappa shape index (κ1) is 25.7. The summed E-state index contributed by atoms with van der Waals surface area (Å²) in [5, 5.41) is 3.21. The molecule has 0 aromatic heterocycles. The monoisotopic (exact) mass is 507 g/mol. The van der Waals surface area contributed by atoms with Crippen LogP contribution in [0.5, 0.6) is 5.75 Å². The fourth-order valence-corrected chi connectivity index (χ4v) is 6.96. The summed E-state index contributed by atoms with van der Waals surface area (Å²) in [6.45, 7) is 5.22. The third kappa shape index (κ3) is 4.32. The van der Waals surface area contributed by atoms with Crippen LogP contribution in [-0.2, 0) is 36.6 Å². The van der Waals surface area contributed by atoms with Crippen LogP contribution in [0.25, 0.3) is 0 Å². The van der Waals surface area contributed by atoms with Gasteiger partial charge in [-0.1, -0.05) is 49.4 Å². The van der Waals surface area contributed by atoms with Crippen molar-refractivity contribution in [2.45, 2.75) is 50.9 Å². The molecule has 3 aliphatic rings. The number of esters is 1. The SMILES string of the molecule is COC(=O)[C@@]12C(=O)N[C@@H](Cc3ccccc3)[C@@H]1[C@H](C)[C@@]1(C)O[C@H]1[C@@H]2CCOCCc1ccc(OC)cc1. The number of methoxy groups -OCH3 is 2. The maximum absolute atomic E-state index is 13.8. The molecule has 7 atom stereocenters. The normalized spacial score (nSPS) is 33.7. The molecule has 37 heavy (non-hydrogen) atoms. The minimum atomic E-state index is -1.28. The second-order valence-corrected chi connectivity index (χ2v) is 10.8. The maximum Gasteiger partial charge on any atom is 0.322 e. The Balaban J connectivity index is 1.33. The molecule has 0 bridgehead atoms. The molecule has 5 rings (SSSR count). The number of ether oxygens (including phenoxy) is 4. The average Bonchev–Trinajstić information content (AvgIpc) is 3.53. The van der Waals surface area contributed by atoms with Crippen LogP contribution in [-0.4, -0.2) is 57.1 Å². The van der Waals surface area contributed by atoms with Gasteiger partial charge in [0.2, 0.25) is 5.91 Å². The van der Waals surface area contributed by atoms with Crippen LogP contribution >= 0.6 is 0 Å². The lowest BCUT2D eigenvalue weighted by Gasteiger charge is -2.45. The molecule has 2 saturated heterocycles. The van der Waals surface area contributed by atoms with E-state index in [1.54, 1.807) is 7.11 Å². The van der Waals surface area contributed by atoms with Gasteiger partial charge in [0, 0.05) is 24.5 Å². The molecular formula is C30H37NO6. The van der Waals surface area contributed by atoms with Crippen LogP contribution in [0.1, 0.15) is 31.4 Å². The van der Waals surface area contributed by atoms with E-state index in [9.17, 15) is 9.59 Å². The van der Waals surface area contributed by atoms with E-state index in [-0.39, 0.29) is 41.4 Å². The number of carbonyl (C=O) groups is 2. The molecule has 198 valence electrons. The van der Waals surface area contributed by atoms with E-state index in [1.807, 2.05) is 42.5 Å². The lowest BCUT2D eigenvalue weighted by atomic mass is 9.52. The number of rotatable bonds is 10. The van der Waals surface area contributed by atoms with Gasteiger partial charge in [0.05, 0.1) is 32.5 Å². The largest absolute Gasteiger partial charge is 0.497 e. The highest BCUT2D eigenvalue weighted by Gasteiger charge is 2.79. The Morgan fingerprint density at radius 1 is 1.03 bits per heavy atom. The first-order chi connectivity index (χ1) is 17.9. The molecule has 1 amide bonds. The Labute approximate surface area is 218 Å². The number of carbonyl (C=O) groups excluding carboxylic acids is 2. The van der Waals surface area contributed by atoms with E-state index in [2.05, 4.69) is 31.3 Å². The van der Waals surface area contributed by atoms with Crippen molar-refractivity contribution < 1.29 is 28.5 Å². The Morgan fingerprint density at radius 2 is 1.76 bits per heavy atom. The zero-order chi connectivity index (χ0) is 26.2. The minimum absolute atomic E-state index is 0.0107. The number of hydrogen-bond donors (Lipinski definition) is 1. The average molecular weight is 508 g/mol. The van der Waals surface area contributed by atoms with Crippen LogP contribution in [0.3, 0.4) is 0 Å². The van der Waals surface area contributed by atoms with E-state index < -0.39 is 11.4 Å². The van der Waals surface area contributed by atoms with Gasteiger partial charge in [-0.25, -0.2) is 0 Å². The van der Waals surface area contributed by atoms with Gasteiger partial charge < -0.3 is 24.3 Å². The Morgan fingerprint density at radius 3 is 2.43 bits per heavy atom. The molecule has 1 aliphatic carbocycles. The van der Waals surface area contributed by atoms with Crippen LogP contribution in [0.4, 0.5) is 0 Å². The fourth-order valence-electron chi connectivity index (χ4n) is 6.96. The van der Waals surface area contributed by atoms with Crippen LogP contribution < -0.4 is 10.1 Å². The van der Waals surface area contributed by atoms with E-state index in [1.165, 1.54) is 7.11 Å². The van der Waals surface area contributed by atoms with Gasteiger partial charge in [0.1, 0.15) is 5.75 Å². The molecule has 2 aromatic rings. The van der Waals surface area contributed by atoms with E-state index >= 15 is 0 Å². The second kappa shape index (κ2) is 10.1. The molecule has 7 heteroatoms. The summed E-state index contributed by atoms with van der Waals surface area (Å²) >= 11 is 0. The topological polar surface area (TPSA) is 86.4 Å². The van der Waals surface area contributed by atoms with Crippen molar-refractivity contribution in [3.63, 3.8) is 0 Å². The molecule has 3 fully saturated rings. The highest BCUT2D eigenvalue weighted by molar-refractivity contribution is 6.06. The smallest absolute Gasteiger partial charge is 0.322 e. The summed E-state index contributed by atoms with van der Waals surface area (Å²) in [4.78, 5) is 27.3. The van der Waals surface area contributed by atoms with Crippen molar-refractivity contribution in [2.24, 2.45) is 23.2 Å². The Hall–Kier alpha value is -2.90. The number of benzene rings is 2. The van der Waals surface area contributed by atoms with Crippen molar-refractivity contribution in [3.8, 4) is 5.75 Å². The maximum atomic E-state index is 13.8. The van der Waals surface area contributed by atoms with Crippen molar-refractivity contribution >= 4 is 11.9 Å². The van der Waals surface area contributed by atoms with Crippen molar-refractivity contribution in [3.05, 3.63) is 65.7 Å². The van der Waals surface area contributed by atoms with Crippen LogP contribution in [0.2, 0.25) is 0 Å². The Bertz CT molecular complexity index is 1120. The third-order valence-corrected chi connectivity index (χ3v) is 9.02. The van der Waals surface area contributed by atoms with Gasteiger partial charge >= 0.3 is 5.97 Å². The lowest BCUT2D eigenvalue weighted by molar-refractivity contribution is -0.169. The number of amides is 1. The number of fused-ring (bicyclic) bond motifs is 2. The molecular weight excluding hydrogens is 470 g/mol. The quantitative estimate of drug-likeness (QED) is 0.229.